The van der Waals surface area contributed by atoms with E-state index < -0.39 is 11.9 Å². The molecule has 0 aromatic heterocycles. The van der Waals surface area contributed by atoms with Crippen molar-refractivity contribution in [3.63, 3.8) is 0 Å². The Morgan fingerprint density at radius 1 is 1.28 bits per heavy atom. The lowest BCUT2D eigenvalue weighted by molar-refractivity contribution is -0.149. The molecule has 2 aliphatic rings. The number of carboxylic acid groups (broad SMARTS) is 1. The van der Waals surface area contributed by atoms with Crippen molar-refractivity contribution in [2.75, 3.05) is 20.3 Å². The summed E-state index contributed by atoms with van der Waals surface area (Å²) in [5.74, 6) is -1.43. The first kappa shape index (κ1) is 13.3. The van der Waals surface area contributed by atoms with Crippen LogP contribution in [0.15, 0.2) is 0 Å². The molecule has 5 nitrogen and oxygen atoms in total. The molecule has 0 bridgehead atoms. The molecule has 1 N–H and O–H groups in total. The minimum Gasteiger partial charge on any atom is -0.481 e. The van der Waals surface area contributed by atoms with Gasteiger partial charge in [0.05, 0.1) is 24.5 Å². The van der Waals surface area contributed by atoms with Gasteiger partial charge in [-0.25, -0.2) is 0 Å². The monoisotopic (exact) mass is 255 g/mol. The summed E-state index contributed by atoms with van der Waals surface area (Å²) in [7, 11) is 1.77. The number of hydrogen-bond acceptors (Lipinski definition) is 3. The fourth-order valence-electron chi connectivity index (χ4n) is 3.11. The second-order valence-corrected chi connectivity index (χ2v) is 5.59. The van der Waals surface area contributed by atoms with Crippen LogP contribution in [0.5, 0.6) is 0 Å². The van der Waals surface area contributed by atoms with Crippen LogP contribution in [0.25, 0.3) is 0 Å². The molecule has 1 amide bonds. The predicted molar refractivity (Wildman–Crippen MR) is 65.0 cm³/mol. The number of hydrogen-bond donors (Lipinski definition) is 1. The molecule has 4 atom stereocenters. The quantitative estimate of drug-likeness (QED) is 0.816. The topological polar surface area (TPSA) is 66.8 Å². The molecule has 1 aliphatic carbocycles. The number of carbonyl (C=O) groups excluding carboxylic acids is 1. The zero-order valence-corrected chi connectivity index (χ0v) is 11.0. The van der Waals surface area contributed by atoms with E-state index >= 15 is 0 Å². The lowest BCUT2D eigenvalue weighted by Crippen LogP contribution is -2.43. The predicted octanol–water partition coefficient (Wildman–Crippen LogP) is 0.981. The van der Waals surface area contributed by atoms with Crippen molar-refractivity contribution in [2.24, 2.45) is 17.8 Å². The lowest BCUT2D eigenvalue weighted by atomic mass is 9.94. The SMILES string of the molecule is CC1C[C@H](C(=O)N(C)C2CCOC2)[C@H](C(=O)O)C1. The Kier molecular flexibility index (Phi) is 3.90. The number of carbonyl (C=O) groups is 2. The molecule has 1 aliphatic heterocycles. The maximum absolute atomic E-state index is 12.4. The van der Waals surface area contributed by atoms with Crippen LogP contribution in [0.1, 0.15) is 26.2 Å². The fourth-order valence-corrected chi connectivity index (χ4v) is 3.11. The molecule has 1 heterocycles. The second kappa shape index (κ2) is 5.26. The third-order valence-electron chi connectivity index (χ3n) is 4.23. The van der Waals surface area contributed by atoms with Crippen molar-refractivity contribution in [1.82, 2.24) is 4.90 Å². The van der Waals surface area contributed by atoms with Gasteiger partial charge in [-0.15, -0.1) is 0 Å². The Morgan fingerprint density at radius 2 is 1.94 bits per heavy atom. The number of amides is 1. The summed E-state index contributed by atoms with van der Waals surface area (Å²) in [6, 6.07) is 0.114. The molecule has 5 heteroatoms. The third kappa shape index (κ3) is 2.51. The third-order valence-corrected chi connectivity index (χ3v) is 4.23. The van der Waals surface area contributed by atoms with Gasteiger partial charge in [-0.1, -0.05) is 6.92 Å². The van der Waals surface area contributed by atoms with Crippen LogP contribution in [-0.4, -0.2) is 48.2 Å². The largest absolute Gasteiger partial charge is 0.481 e. The lowest BCUT2D eigenvalue weighted by Gasteiger charge is -2.27. The van der Waals surface area contributed by atoms with Crippen LogP contribution < -0.4 is 0 Å². The van der Waals surface area contributed by atoms with E-state index in [0.29, 0.717) is 32.0 Å². The Hall–Kier alpha value is -1.10. The van der Waals surface area contributed by atoms with Crippen LogP contribution in [0.4, 0.5) is 0 Å². The molecule has 2 unspecified atom stereocenters. The van der Waals surface area contributed by atoms with Crippen molar-refractivity contribution in [3.8, 4) is 0 Å². The summed E-state index contributed by atoms with van der Waals surface area (Å²) < 4.78 is 5.28. The van der Waals surface area contributed by atoms with Gasteiger partial charge < -0.3 is 14.7 Å². The summed E-state index contributed by atoms with van der Waals surface area (Å²) in [6.07, 6.45) is 2.15. The first-order valence-corrected chi connectivity index (χ1v) is 6.58. The van der Waals surface area contributed by atoms with Gasteiger partial charge in [-0.2, -0.15) is 0 Å². The molecule has 0 aromatic rings. The molecule has 0 aromatic carbocycles. The molecule has 2 rings (SSSR count). The van der Waals surface area contributed by atoms with E-state index in [9.17, 15) is 14.7 Å². The van der Waals surface area contributed by atoms with Crippen LogP contribution >= 0.6 is 0 Å². The first-order valence-electron chi connectivity index (χ1n) is 6.58. The zero-order valence-electron chi connectivity index (χ0n) is 11.0. The van der Waals surface area contributed by atoms with Crippen molar-refractivity contribution in [1.29, 1.82) is 0 Å². The van der Waals surface area contributed by atoms with Crippen molar-refractivity contribution in [2.45, 2.75) is 32.2 Å². The van der Waals surface area contributed by atoms with E-state index in [2.05, 4.69) is 0 Å². The summed E-state index contributed by atoms with van der Waals surface area (Å²) in [5, 5.41) is 9.20. The van der Waals surface area contributed by atoms with Crippen molar-refractivity contribution >= 4 is 11.9 Å². The second-order valence-electron chi connectivity index (χ2n) is 5.59. The molecule has 0 radical (unpaired) electrons. The minimum atomic E-state index is -0.839. The van der Waals surface area contributed by atoms with E-state index in [4.69, 9.17) is 4.74 Å². The van der Waals surface area contributed by atoms with Crippen molar-refractivity contribution < 1.29 is 19.4 Å². The highest BCUT2D eigenvalue weighted by atomic mass is 16.5. The normalized spacial score (nSPS) is 35.7. The van der Waals surface area contributed by atoms with E-state index in [0.717, 1.165) is 6.42 Å². The summed E-state index contributed by atoms with van der Waals surface area (Å²) >= 11 is 0. The molecule has 2 fully saturated rings. The molecule has 18 heavy (non-hydrogen) atoms. The van der Waals surface area contributed by atoms with Gasteiger partial charge >= 0.3 is 5.97 Å². The molecular formula is C13H21NO4. The fraction of sp³-hybridized carbons (Fsp3) is 0.846. The van der Waals surface area contributed by atoms with Crippen LogP contribution in [-0.2, 0) is 14.3 Å². The van der Waals surface area contributed by atoms with Gasteiger partial charge in [-0.3, -0.25) is 9.59 Å². The number of aliphatic carboxylic acids is 1. The standard InChI is InChI=1S/C13H21NO4/c1-8-5-10(11(6-8)13(16)17)12(15)14(2)9-3-4-18-7-9/h8-11H,3-7H2,1-2H3,(H,16,17)/t8?,9?,10-,11+/m0/s1. The van der Waals surface area contributed by atoms with Crippen LogP contribution in [0.3, 0.4) is 0 Å². The highest BCUT2D eigenvalue weighted by Crippen LogP contribution is 2.37. The van der Waals surface area contributed by atoms with E-state index in [1.54, 1.807) is 11.9 Å². The van der Waals surface area contributed by atoms with Gasteiger partial charge in [0.25, 0.3) is 0 Å². The first-order chi connectivity index (χ1) is 8.50. The number of ether oxygens (including phenoxy) is 1. The highest BCUT2D eigenvalue weighted by molar-refractivity contribution is 5.85. The Morgan fingerprint density at radius 3 is 2.50 bits per heavy atom. The van der Waals surface area contributed by atoms with Crippen LogP contribution in [0.2, 0.25) is 0 Å². The summed E-state index contributed by atoms with van der Waals surface area (Å²) in [5.41, 5.74) is 0. The Bertz CT molecular complexity index is 338. The molecule has 1 saturated carbocycles. The maximum atomic E-state index is 12.4. The van der Waals surface area contributed by atoms with Crippen LogP contribution in [0, 0.1) is 17.8 Å². The summed E-state index contributed by atoms with van der Waals surface area (Å²) in [6.45, 7) is 3.27. The highest BCUT2D eigenvalue weighted by Gasteiger charge is 2.43. The van der Waals surface area contributed by atoms with Gasteiger partial charge in [-0.05, 0) is 25.2 Å². The van der Waals surface area contributed by atoms with Crippen molar-refractivity contribution in [3.05, 3.63) is 0 Å². The van der Waals surface area contributed by atoms with Gasteiger partial charge in [0.2, 0.25) is 5.91 Å². The Balaban J connectivity index is 2.04. The van der Waals surface area contributed by atoms with Gasteiger partial charge in [0.1, 0.15) is 0 Å². The molecule has 0 spiro atoms. The van der Waals surface area contributed by atoms with E-state index in [-0.39, 0.29) is 17.9 Å². The average molecular weight is 255 g/mol. The number of nitrogens with zero attached hydrogens (tertiary/aromatic N) is 1. The zero-order chi connectivity index (χ0) is 13.3. The molecule has 1 saturated heterocycles. The van der Waals surface area contributed by atoms with Gasteiger partial charge in [0.15, 0.2) is 0 Å². The minimum absolute atomic E-state index is 0.0257. The maximum Gasteiger partial charge on any atom is 0.307 e. The van der Waals surface area contributed by atoms with E-state index in [1.165, 1.54) is 0 Å². The average Bonchev–Trinajstić information content (AvgIpc) is 2.95. The smallest absolute Gasteiger partial charge is 0.307 e. The number of rotatable bonds is 3. The van der Waals surface area contributed by atoms with E-state index in [1.807, 2.05) is 6.92 Å². The number of likely N-dealkylation sites (N-methyl/N-ethyl adjacent to an activating group) is 1. The number of carboxylic acids is 1. The summed E-state index contributed by atoms with van der Waals surface area (Å²) in [4.78, 5) is 25.3. The Labute approximate surface area is 107 Å². The van der Waals surface area contributed by atoms with Gasteiger partial charge in [0, 0.05) is 13.7 Å². The molecular weight excluding hydrogens is 234 g/mol. The molecule has 102 valence electrons.